The van der Waals surface area contributed by atoms with E-state index in [4.69, 9.17) is 5.73 Å². The number of nitrogens with two attached hydrogens (primary N) is 1. The molecule has 6 heteroatoms. The van der Waals surface area contributed by atoms with Gasteiger partial charge in [-0.3, -0.25) is 4.79 Å². The van der Waals surface area contributed by atoms with Crippen molar-refractivity contribution in [2.45, 2.75) is 19.8 Å². The molecule has 6 nitrogen and oxygen atoms in total. The molecule has 1 amide bonds. The number of nitrogens with zero attached hydrogens (tertiary/aromatic N) is 3. The Kier molecular flexibility index (Phi) is 4.92. The third-order valence-corrected chi connectivity index (χ3v) is 3.65. The summed E-state index contributed by atoms with van der Waals surface area (Å²) in [5, 5.41) is 0.877. The number of nitrogen functional groups attached to an aromatic ring is 1. The van der Waals surface area contributed by atoms with Crippen LogP contribution in [-0.4, -0.2) is 38.8 Å². The number of H-pyrrole nitrogens is 1. The summed E-state index contributed by atoms with van der Waals surface area (Å²) in [5.41, 5.74) is 6.31. The van der Waals surface area contributed by atoms with Crippen molar-refractivity contribution in [2.24, 2.45) is 5.92 Å². The predicted octanol–water partition coefficient (Wildman–Crippen LogP) is 1.97. The molecule has 3 heterocycles. The number of hydrogen-bond acceptors (Lipinski definition) is 4. The van der Waals surface area contributed by atoms with Crippen LogP contribution in [0, 0.1) is 5.92 Å². The Morgan fingerprint density at radius 3 is 2.81 bits per heavy atom. The molecule has 0 unspecified atom stereocenters. The van der Waals surface area contributed by atoms with Crippen molar-refractivity contribution in [3.63, 3.8) is 0 Å². The van der Waals surface area contributed by atoms with E-state index in [2.05, 4.69) is 28.5 Å². The number of amides is 1. The van der Waals surface area contributed by atoms with Gasteiger partial charge in [0.2, 0.25) is 5.91 Å². The van der Waals surface area contributed by atoms with Crippen molar-refractivity contribution in [3.05, 3.63) is 31.2 Å². The number of aromatic amines is 1. The van der Waals surface area contributed by atoms with Crippen molar-refractivity contribution in [2.75, 3.05) is 18.8 Å². The van der Waals surface area contributed by atoms with E-state index in [1.165, 1.54) is 12.4 Å². The van der Waals surface area contributed by atoms with Crippen LogP contribution in [0.3, 0.4) is 0 Å². The highest BCUT2D eigenvalue weighted by Gasteiger charge is 2.17. The van der Waals surface area contributed by atoms with Crippen LogP contribution in [0.2, 0.25) is 0 Å². The zero-order valence-corrected chi connectivity index (χ0v) is 12.2. The number of piperidine rings is 1. The van der Waals surface area contributed by atoms with E-state index in [9.17, 15) is 4.79 Å². The summed E-state index contributed by atoms with van der Waals surface area (Å²) in [6.45, 7) is 7.51. The van der Waals surface area contributed by atoms with Crippen LogP contribution < -0.4 is 5.73 Å². The second-order valence-electron chi connectivity index (χ2n) is 5.21. The summed E-state index contributed by atoms with van der Waals surface area (Å²) in [7, 11) is 0. The van der Waals surface area contributed by atoms with Crippen LogP contribution >= 0.6 is 0 Å². The topological polar surface area (TPSA) is 87.9 Å². The van der Waals surface area contributed by atoms with Crippen LogP contribution in [-0.2, 0) is 4.79 Å². The van der Waals surface area contributed by atoms with Gasteiger partial charge in [-0.1, -0.05) is 13.5 Å². The lowest BCUT2D eigenvalue weighted by atomic mass is 9.99. The number of anilines is 1. The van der Waals surface area contributed by atoms with Gasteiger partial charge in [-0.05, 0) is 30.9 Å². The fourth-order valence-corrected chi connectivity index (χ4v) is 2.25. The second-order valence-corrected chi connectivity index (χ2v) is 5.21. The first kappa shape index (κ1) is 15.0. The summed E-state index contributed by atoms with van der Waals surface area (Å²) < 4.78 is 0. The number of fused-ring (bicyclic) bond motifs is 1. The maximum atomic E-state index is 11.1. The fourth-order valence-electron chi connectivity index (χ4n) is 2.25. The van der Waals surface area contributed by atoms with Gasteiger partial charge >= 0.3 is 0 Å². The molecule has 0 spiro atoms. The van der Waals surface area contributed by atoms with Crippen LogP contribution in [0.15, 0.2) is 31.2 Å². The van der Waals surface area contributed by atoms with E-state index in [1.807, 2.05) is 11.0 Å². The average molecular weight is 287 g/mol. The molecule has 1 aliphatic rings. The molecule has 0 radical (unpaired) electrons. The predicted molar refractivity (Wildman–Crippen MR) is 83.5 cm³/mol. The maximum Gasteiger partial charge on any atom is 0.245 e. The third-order valence-electron chi connectivity index (χ3n) is 3.65. The largest absolute Gasteiger partial charge is 0.383 e. The Morgan fingerprint density at radius 2 is 2.19 bits per heavy atom. The molecule has 2 aromatic rings. The molecule has 0 bridgehead atoms. The van der Waals surface area contributed by atoms with Crippen molar-refractivity contribution in [1.82, 2.24) is 19.9 Å². The van der Waals surface area contributed by atoms with Crippen LogP contribution in [0.25, 0.3) is 11.0 Å². The number of hydrogen-bond donors (Lipinski definition) is 2. The SMILES string of the molecule is C=CC(=O)N1CCC(C)CC1.Nc1ncnc2[nH]ccc12. The Balaban J connectivity index is 0.000000154. The van der Waals surface area contributed by atoms with Gasteiger partial charge in [0.05, 0.1) is 5.39 Å². The van der Waals surface area contributed by atoms with Crippen molar-refractivity contribution >= 4 is 22.8 Å². The molecule has 0 aromatic carbocycles. The van der Waals surface area contributed by atoms with Crippen LogP contribution in [0.1, 0.15) is 19.8 Å². The molecule has 0 saturated carbocycles. The van der Waals surface area contributed by atoms with Gasteiger partial charge in [0.25, 0.3) is 0 Å². The van der Waals surface area contributed by atoms with E-state index in [0.717, 1.165) is 42.9 Å². The summed E-state index contributed by atoms with van der Waals surface area (Å²) in [6, 6.07) is 1.85. The lowest BCUT2D eigenvalue weighted by Gasteiger charge is -2.29. The minimum absolute atomic E-state index is 0.0805. The summed E-state index contributed by atoms with van der Waals surface area (Å²) in [5.74, 6) is 1.38. The molecule has 1 saturated heterocycles. The molecule has 2 aromatic heterocycles. The fraction of sp³-hybridized carbons (Fsp3) is 0.400. The number of rotatable bonds is 1. The van der Waals surface area contributed by atoms with Gasteiger partial charge < -0.3 is 15.6 Å². The standard InChI is InChI=1S/C9H15NO.C6H6N4/c1-3-9(11)10-6-4-8(2)5-7-10;7-5-4-1-2-8-6(4)10-3-9-5/h3,8H,1,4-7H2,2H3;1-3H,(H3,7,8,9,10). The van der Waals surface area contributed by atoms with Crippen molar-refractivity contribution in [1.29, 1.82) is 0 Å². The number of carbonyl (C=O) groups is 1. The van der Waals surface area contributed by atoms with Gasteiger partial charge in [0.15, 0.2) is 0 Å². The Labute approximate surface area is 124 Å². The van der Waals surface area contributed by atoms with Crippen LogP contribution in [0.4, 0.5) is 5.82 Å². The molecule has 1 fully saturated rings. The van der Waals surface area contributed by atoms with Gasteiger partial charge in [-0.2, -0.15) is 0 Å². The maximum absolute atomic E-state index is 11.1. The number of likely N-dealkylation sites (tertiary alicyclic amines) is 1. The van der Waals surface area contributed by atoms with E-state index >= 15 is 0 Å². The monoisotopic (exact) mass is 287 g/mol. The zero-order chi connectivity index (χ0) is 15.2. The molecule has 3 rings (SSSR count). The van der Waals surface area contributed by atoms with E-state index < -0.39 is 0 Å². The lowest BCUT2D eigenvalue weighted by molar-refractivity contribution is -0.127. The molecule has 1 aliphatic heterocycles. The molecular formula is C15H21N5O. The first-order chi connectivity index (χ1) is 10.1. The highest BCUT2D eigenvalue weighted by Crippen LogP contribution is 2.15. The Bertz CT molecular complexity index is 613. The summed E-state index contributed by atoms with van der Waals surface area (Å²) in [6.07, 6.45) is 6.90. The molecule has 0 atom stereocenters. The summed E-state index contributed by atoms with van der Waals surface area (Å²) >= 11 is 0. The number of aromatic nitrogens is 3. The first-order valence-electron chi connectivity index (χ1n) is 7.06. The van der Waals surface area contributed by atoms with Gasteiger partial charge in [-0.15, -0.1) is 0 Å². The van der Waals surface area contributed by atoms with E-state index in [-0.39, 0.29) is 5.91 Å². The number of nitrogens with one attached hydrogen (secondary N) is 1. The highest BCUT2D eigenvalue weighted by molar-refractivity contribution is 5.87. The highest BCUT2D eigenvalue weighted by atomic mass is 16.2. The molecular weight excluding hydrogens is 266 g/mol. The van der Waals surface area contributed by atoms with Crippen molar-refractivity contribution < 1.29 is 4.79 Å². The normalized spacial score (nSPS) is 15.4. The average Bonchev–Trinajstić information content (AvgIpc) is 2.98. The van der Waals surface area contributed by atoms with Crippen molar-refractivity contribution in [3.8, 4) is 0 Å². The first-order valence-corrected chi connectivity index (χ1v) is 7.06. The smallest absolute Gasteiger partial charge is 0.245 e. The minimum Gasteiger partial charge on any atom is -0.383 e. The lowest BCUT2D eigenvalue weighted by Crippen LogP contribution is -2.36. The Morgan fingerprint density at radius 1 is 1.48 bits per heavy atom. The third kappa shape index (κ3) is 3.81. The summed E-state index contributed by atoms with van der Waals surface area (Å²) in [4.78, 5) is 23.7. The van der Waals surface area contributed by atoms with Crippen LogP contribution in [0.5, 0.6) is 0 Å². The minimum atomic E-state index is 0.0805. The number of carbonyl (C=O) groups excluding carboxylic acids is 1. The van der Waals surface area contributed by atoms with E-state index in [0.29, 0.717) is 5.82 Å². The zero-order valence-electron chi connectivity index (χ0n) is 12.2. The van der Waals surface area contributed by atoms with E-state index in [1.54, 1.807) is 6.20 Å². The Hall–Kier alpha value is -2.37. The van der Waals surface area contributed by atoms with Gasteiger partial charge in [0.1, 0.15) is 17.8 Å². The molecule has 21 heavy (non-hydrogen) atoms. The molecule has 3 N–H and O–H groups in total. The van der Waals surface area contributed by atoms with Gasteiger partial charge in [0, 0.05) is 19.3 Å². The van der Waals surface area contributed by atoms with Gasteiger partial charge in [-0.25, -0.2) is 9.97 Å². The quantitative estimate of drug-likeness (QED) is 0.785. The second kappa shape index (κ2) is 6.88. The molecule has 0 aliphatic carbocycles. The molecule has 112 valence electrons.